The number of rotatable bonds is 10. The van der Waals surface area contributed by atoms with Crippen LogP contribution in [0.25, 0.3) is 0 Å². The van der Waals surface area contributed by atoms with Crippen LogP contribution in [0.2, 0.25) is 0 Å². The molecular formula is C19H40N2. The van der Waals surface area contributed by atoms with Gasteiger partial charge in [0.15, 0.2) is 0 Å². The third-order valence-corrected chi connectivity index (χ3v) is 5.53. The lowest BCUT2D eigenvalue weighted by atomic mass is 9.76. The van der Waals surface area contributed by atoms with Crippen LogP contribution in [0.5, 0.6) is 0 Å². The molecule has 1 aliphatic carbocycles. The van der Waals surface area contributed by atoms with Gasteiger partial charge in [-0.25, -0.2) is 0 Å². The van der Waals surface area contributed by atoms with E-state index in [0.29, 0.717) is 0 Å². The highest BCUT2D eigenvalue weighted by atomic mass is 15.1. The van der Waals surface area contributed by atoms with Gasteiger partial charge in [-0.1, -0.05) is 40.5 Å². The van der Waals surface area contributed by atoms with Crippen LogP contribution in [0.4, 0.5) is 0 Å². The summed E-state index contributed by atoms with van der Waals surface area (Å²) in [7, 11) is 2.35. The second kappa shape index (κ2) is 10.6. The summed E-state index contributed by atoms with van der Waals surface area (Å²) in [4.78, 5) is 2.64. The molecule has 3 atom stereocenters. The molecule has 0 saturated heterocycles. The van der Waals surface area contributed by atoms with Crippen molar-refractivity contribution >= 4 is 0 Å². The molecule has 0 amide bonds. The summed E-state index contributed by atoms with van der Waals surface area (Å²) >= 11 is 0. The average Bonchev–Trinajstić information content (AvgIpc) is 2.48. The standard InChI is InChI=1S/C19H40N2/c1-6-10-16-11-12-19(20-13-7-2)17(14-16)15-21(5)18(8-3)9-4/h16-20H,6-15H2,1-5H3. The molecule has 1 fully saturated rings. The lowest BCUT2D eigenvalue weighted by Crippen LogP contribution is -2.47. The first kappa shape index (κ1) is 19.0. The van der Waals surface area contributed by atoms with E-state index < -0.39 is 0 Å². The minimum atomic E-state index is 0.759. The third kappa shape index (κ3) is 6.28. The topological polar surface area (TPSA) is 15.3 Å². The SMILES string of the molecule is CCCNC1CCC(CCC)CC1CN(C)C(CC)CC. The van der Waals surface area contributed by atoms with Crippen molar-refractivity contribution in [2.45, 2.75) is 91.1 Å². The van der Waals surface area contributed by atoms with Crippen molar-refractivity contribution in [1.29, 1.82) is 0 Å². The molecule has 1 aliphatic rings. The second-order valence-electron chi connectivity index (χ2n) is 7.20. The summed E-state index contributed by atoms with van der Waals surface area (Å²) in [5, 5.41) is 3.84. The van der Waals surface area contributed by atoms with E-state index >= 15 is 0 Å². The van der Waals surface area contributed by atoms with Crippen LogP contribution < -0.4 is 5.32 Å². The number of nitrogens with one attached hydrogen (secondary N) is 1. The Morgan fingerprint density at radius 3 is 2.33 bits per heavy atom. The van der Waals surface area contributed by atoms with Gasteiger partial charge in [0.1, 0.15) is 0 Å². The molecule has 21 heavy (non-hydrogen) atoms. The maximum atomic E-state index is 3.84. The van der Waals surface area contributed by atoms with Gasteiger partial charge in [-0.3, -0.25) is 0 Å². The average molecular weight is 297 g/mol. The van der Waals surface area contributed by atoms with Gasteiger partial charge in [-0.2, -0.15) is 0 Å². The monoisotopic (exact) mass is 296 g/mol. The molecule has 1 N–H and O–H groups in total. The summed E-state index contributed by atoms with van der Waals surface area (Å²) in [6.07, 6.45) is 10.9. The van der Waals surface area contributed by atoms with Gasteiger partial charge in [-0.05, 0) is 64.0 Å². The smallest absolute Gasteiger partial charge is 0.0108 e. The van der Waals surface area contributed by atoms with Crippen LogP contribution in [0, 0.1) is 11.8 Å². The van der Waals surface area contributed by atoms with Crippen molar-refractivity contribution in [2.24, 2.45) is 11.8 Å². The molecule has 0 aliphatic heterocycles. The molecule has 0 aromatic carbocycles. The van der Waals surface area contributed by atoms with E-state index in [2.05, 4.69) is 45.0 Å². The summed E-state index contributed by atoms with van der Waals surface area (Å²) in [6, 6.07) is 1.53. The van der Waals surface area contributed by atoms with Gasteiger partial charge in [0.25, 0.3) is 0 Å². The zero-order valence-electron chi connectivity index (χ0n) is 15.3. The summed E-state index contributed by atoms with van der Waals surface area (Å²) in [5.74, 6) is 1.84. The van der Waals surface area contributed by atoms with Gasteiger partial charge >= 0.3 is 0 Å². The molecule has 0 spiro atoms. The largest absolute Gasteiger partial charge is 0.314 e. The van der Waals surface area contributed by atoms with E-state index in [1.165, 1.54) is 64.5 Å². The van der Waals surface area contributed by atoms with E-state index in [4.69, 9.17) is 0 Å². The first-order valence-electron chi connectivity index (χ1n) is 9.59. The maximum Gasteiger partial charge on any atom is 0.0108 e. The lowest BCUT2D eigenvalue weighted by molar-refractivity contribution is 0.123. The van der Waals surface area contributed by atoms with Gasteiger partial charge in [-0.15, -0.1) is 0 Å². The molecular weight excluding hydrogens is 256 g/mol. The van der Waals surface area contributed by atoms with Gasteiger partial charge in [0.05, 0.1) is 0 Å². The first-order chi connectivity index (χ1) is 10.2. The van der Waals surface area contributed by atoms with E-state index in [0.717, 1.165) is 23.9 Å². The maximum absolute atomic E-state index is 3.84. The van der Waals surface area contributed by atoms with E-state index in [9.17, 15) is 0 Å². The molecule has 0 radical (unpaired) electrons. The van der Waals surface area contributed by atoms with Gasteiger partial charge in [0.2, 0.25) is 0 Å². The minimum absolute atomic E-state index is 0.759. The molecule has 2 heteroatoms. The highest BCUT2D eigenvalue weighted by Gasteiger charge is 2.31. The predicted molar refractivity (Wildman–Crippen MR) is 94.8 cm³/mol. The van der Waals surface area contributed by atoms with Crippen LogP contribution in [-0.2, 0) is 0 Å². The molecule has 126 valence electrons. The quantitative estimate of drug-likeness (QED) is 0.629. The highest BCUT2D eigenvalue weighted by Crippen LogP contribution is 2.33. The van der Waals surface area contributed by atoms with E-state index in [-0.39, 0.29) is 0 Å². The second-order valence-corrected chi connectivity index (χ2v) is 7.20. The van der Waals surface area contributed by atoms with E-state index in [1.54, 1.807) is 0 Å². The zero-order chi connectivity index (χ0) is 15.7. The molecule has 0 aromatic heterocycles. The summed E-state index contributed by atoms with van der Waals surface area (Å²) < 4.78 is 0. The molecule has 2 nitrogen and oxygen atoms in total. The summed E-state index contributed by atoms with van der Waals surface area (Å²) in [5.41, 5.74) is 0. The van der Waals surface area contributed by atoms with Crippen LogP contribution >= 0.6 is 0 Å². The Hall–Kier alpha value is -0.0800. The first-order valence-corrected chi connectivity index (χ1v) is 9.59. The Balaban J connectivity index is 2.59. The van der Waals surface area contributed by atoms with Crippen LogP contribution in [0.3, 0.4) is 0 Å². The van der Waals surface area contributed by atoms with Crippen molar-refractivity contribution in [3.05, 3.63) is 0 Å². The van der Waals surface area contributed by atoms with Gasteiger partial charge < -0.3 is 10.2 Å². The Bertz CT molecular complexity index is 250. The fourth-order valence-electron chi connectivity index (χ4n) is 4.26. The molecule has 3 unspecified atom stereocenters. The van der Waals surface area contributed by atoms with Crippen molar-refractivity contribution in [3.63, 3.8) is 0 Å². The van der Waals surface area contributed by atoms with Crippen LogP contribution in [0.1, 0.15) is 79.1 Å². The Kier molecular flexibility index (Phi) is 9.59. The zero-order valence-corrected chi connectivity index (χ0v) is 15.3. The molecule has 1 saturated carbocycles. The minimum Gasteiger partial charge on any atom is -0.314 e. The van der Waals surface area contributed by atoms with Crippen molar-refractivity contribution < 1.29 is 0 Å². The summed E-state index contributed by atoms with van der Waals surface area (Å²) in [6.45, 7) is 11.8. The van der Waals surface area contributed by atoms with Crippen molar-refractivity contribution in [3.8, 4) is 0 Å². The van der Waals surface area contributed by atoms with Gasteiger partial charge in [0, 0.05) is 18.6 Å². The fourth-order valence-corrected chi connectivity index (χ4v) is 4.26. The molecule has 1 rings (SSSR count). The Morgan fingerprint density at radius 2 is 1.76 bits per heavy atom. The van der Waals surface area contributed by atoms with Crippen molar-refractivity contribution in [2.75, 3.05) is 20.1 Å². The van der Waals surface area contributed by atoms with Crippen molar-refractivity contribution in [1.82, 2.24) is 10.2 Å². The third-order valence-electron chi connectivity index (χ3n) is 5.53. The molecule has 0 aromatic rings. The normalized spacial score (nSPS) is 26.7. The molecule has 0 heterocycles. The number of hydrogen-bond donors (Lipinski definition) is 1. The van der Waals surface area contributed by atoms with E-state index in [1.807, 2.05) is 0 Å². The lowest BCUT2D eigenvalue weighted by Gasteiger charge is -2.40. The Labute approximate surface area is 134 Å². The number of nitrogens with zero attached hydrogens (tertiary/aromatic N) is 1. The van der Waals surface area contributed by atoms with Crippen LogP contribution in [-0.4, -0.2) is 37.1 Å². The predicted octanol–water partition coefficient (Wildman–Crippen LogP) is 4.69. The molecule has 0 bridgehead atoms. The fraction of sp³-hybridized carbons (Fsp3) is 1.00. The number of hydrogen-bond acceptors (Lipinski definition) is 2. The highest BCUT2D eigenvalue weighted by molar-refractivity contribution is 4.87. The Morgan fingerprint density at radius 1 is 1.05 bits per heavy atom. The van der Waals surface area contributed by atoms with Crippen LogP contribution in [0.15, 0.2) is 0 Å².